The van der Waals surface area contributed by atoms with E-state index in [9.17, 15) is 4.79 Å². The third-order valence-electron chi connectivity index (χ3n) is 2.79. The van der Waals surface area contributed by atoms with Crippen LogP contribution in [0.4, 0.5) is 0 Å². The highest BCUT2D eigenvalue weighted by Gasteiger charge is 2.27. The second kappa shape index (κ2) is 5.89. The average molecular weight is 280 g/mol. The van der Waals surface area contributed by atoms with Crippen molar-refractivity contribution in [3.05, 3.63) is 21.3 Å². The van der Waals surface area contributed by atoms with E-state index in [-0.39, 0.29) is 11.4 Å². The lowest BCUT2D eigenvalue weighted by Gasteiger charge is -2.30. The number of halogens is 2. The Hall–Kier alpha value is -0.250. The molecule has 1 aromatic heterocycles. The molecule has 0 aromatic carbocycles. The van der Waals surface area contributed by atoms with Gasteiger partial charge < -0.3 is 5.32 Å². The normalized spacial score (nSPS) is 11.5. The number of alkyl halides is 1. The van der Waals surface area contributed by atoms with Crippen molar-refractivity contribution in [2.45, 2.75) is 32.2 Å². The molecule has 1 aromatic rings. The van der Waals surface area contributed by atoms with Gasteiger partial charge in [0, 0.05) is 5.88 Å². The zero-order valence-electron chi connectivity index (χ0n) is 9.35. The van der Waals surface area contributed by atoms with E-state index in [1.54, 1.807) is 12.1 Å². The van der Waals surface area contributed by atoms with E-state index in [0.29, 0.717) is 15.1 Å². The molecule has 5 heteroatoms. The quantitative estimate of drug-likeness (QED) is 0.813. The summed E-state index contributed by atoms with van der Waals surface area (Å²) >= 11 is 13.0. The summed E-state index contributed by atoms with van der Waals surface area (Å²) in [6, 6.07) is 3.45. The van der Waals surface area contributed by atoms with E-state index in [1.807, 2.05) is 13.8 Å². The molecule has 1 amide bonds. The Kier molecular flexibility index (Phi) is 5.09. The molecule has 0 saturated carbocycles. The Morgan fingerprint density at radius 2 is 2.06 bits per heavy atom. The number of carbonyl (C=O) groups is 1. The number of thiophene rings is 1. The van der Waals surface area contributed by atoms with Crippen molar-refractivity contribution < 1.29 is 4.79 Å². The number of amides is 1. The molecular weight excluding hydrogens is 265 g/mol. The van der Waals surface area contributed by atoms with Crippen LogP contribution >= 0.6 is 34.5 Å². The van der Waals surface area contributed by atoms with Gasteiger partial charge in [0.2, 0.25) is 0 Å². The van der Waals surface area contributed by atoms with Crippen LogP contribution in [0.5, 0.6) is 0 Å². The second-order valence-corrected chi connectivity index (χ2v) is 5.66. The lowest BCUT2D eigenvalue weighted by atomic mass is 9.95. The van der Waals surface area contributed by atoms with Crippen LogP contribution in [-0.2, 0) is 0 Å². The van der Waals surface area contributed by atoms with Gasteiger partial charge in [-0.2, -0.15) is 0 Å². The summed E-state index contributed by atoms with van der Waals surface area (Å²) in [6.45, 7) is 4.04. The van der Waals surface area contributed by atoms with Crippen molar-refractivity contribution in [2.24, 2.45) is 0 Å². The topological polar surface area (TPSA) is 29.1 Å². The smallest absolute Gasteiger partial charge is 0.261 e. The fourth-order valence-electron chi connectivity index (χ4n) is 1.39. The summed E-state index contributed by atoms with van der Waals surface area (Å²) in [7, 11) is 0. The fourth-order valence-corrected chi connectivity index (χ4v) is 2.77. The van der Waals surface area contributed by atoms with E-state index in [2.05, 4.69) is 5.32 Å². The molecular formula is C11H15Cl2NOS. The van der Waals surface area contributed by atoms with E-state index in [0.717, 1.165) is 12.8 Å². The van der Waals surface area contributed by atoms with Gasteiger partial charge in [-0.15, -0.1) is 22.9 Å². The number of hydrogen-bond acceptors (Lipinski definition) is 2. The van der Waals surface area contributed by atoms with Gasteiger partial charge in [-0.1, -0.05) is 25.4 Å². The first-order chi connectivity index (χ1) is 7.56. The van der Waals surface area contributed by atoms with E-state index < -0.39 is 0 Å². The Bertz CT molecular complexity index is 352. The molecule has 16 heavy (non-hydrogen) atoms. The van der Waals surface area contributed by atoms with Gasteiger partial charge in [0.1, 0.15) is 0 Å². The van der Waals surface area contributed by atoms with Gasteiger partial charge in [0.05, 0.1) is 14.8 Å². The van der Waals surface area contributed by atoms with Crippen LogP contribution in [0.2, 0.25) is 4.34 Å². The molecule has 0 aliphatic heterocycles. The zero-order valence-corrected chi connectivity index (χ0v) is 11.7. The van der Waals surface area contributed by atoms with Crippen LogP contribution < -0.4 is 5.32 Å². The van der Waals surface area contributed by atoms with Crippen molar-refractivity contribution >= 4 is 40.4 Å². The summed E-state index contributed by atoms with van der Waals surface area (Å²) in [5, 5.41) is 2.99. The monoisotopic (exact) mass is 279 g/mol. The molecule has 0 atom stereocenters. The van der Waals surface area contributed by atoms with Crippen molar-refractivity contribution in [2.75, 3.05) is 5.88 Å². The Morgan fingerprint density at radius 1 is 1.44 bits per heavy atom. The molecule has 0 unspecified atom stereocenters. The van der Waals surface area contributed by atoms with Gasteiger partial charge in [0.25, 0.3) is 5.91 Å². The summed E-state index contributed by atoms with van der Waals surface area (Å²) < 4.78 is 0.620. The minimum atomic E-state index is -0.310. The van der Waals surface area contributed by atoms with Gasteiger partial charge in [0.15, 0.2) is 0 Å². The Balaban J connectivity index is 2.76. The first-order valence-corrected chi connectivity index (χ1v) is 6.93. The third kappa shape index (κ3) is 3.12. The van der Waals surface area contributed by atoms with Gasteiger partial charge in [-0.3, -0.25) is 4.79 Å². The summed E-state index contributed by atoms with van der Waals surface area (Å²) in [6.07, 6.45) is 1.63. The number of hydrogen-bond donors (Lipinski definition) is 1. The van der Waals surface area contributed by atoms with Crippen LogP contribution in [0.15, 0.2) is 12.1 Å². The van der Waals surface area contributed by atoms with Crippen molar-refractivity contribution in [1.82, 2.24) is 5.32 Å². The first kappa shape index (κ1) is 13.8. The molecule has 90 valence electrons. The standard InChI is InChI=1S/C11H15Cl2NOS/c1-3-11(4-2,7-12)14-10(15)8-5-6-9(13)16-8/h5-6H,3-4,7H2,1-2H3,(H,14,15). The molecule has 0 fully saturated rings. The lowest BCUT2D eigenvalue weighted by Crippen LogP contribution is -2.49. The van der Waals surface area contributed by atoms with Crippen molar-refractivity contribution in [1.29, 1.82) is 0 Å². The maximum atomic E-state index is 11.9. The Morgan fingerprint density at radius 3 is 2.44 bits per heavy atom. The number of nitrogens with one attached hydrogen (secondary N) is 1. The molecule has 0 spiro atoms. The summed E-state index contributed by atoms with van der Waals surface area (Å²) in [5.41, 5.74) is -0.310. The van der Waals surface area contributed by atoms with Crippen LogP contribution in [0.3, 0.4) is 0 Å². The lowest BCUT2D eigenvalue weighted by molar-refractivity contribution is 0.0907. The highest BCUT2D eigenvalue weighted by Crippen LogP contribution is 2.23. The highest BCUT2D eigenvalue weighted by atomic mass is 35.5. The first-order valence-electron chi connectivity index (χ1n) is 5.20. The molecule has 0 saturated heterocycles. The maximum Gasteiger partial charge on any atom is 0.261 e. The number of rotatable bonds is 5. The minimum Gasteiger partial charge on any atom is -0.345 e. The van der Waals surface area contributed by atoms with Crippen molar-refractivity contribution in [3.8, 4) is 0 Å². The molecule has 0 aliphatic carbocycles. The molecule has 1 rings (SSSR count). The van der Waals surface area contributed by atoms with Gasteiger partial charge in [-0.25, -0.2) is 0 Å². The van der Waals surface area contributed by atoms with E-state index >= 15 is 0 Å². The SMILES string of the molecule is CCC(CC)(CCl)NC(=O)c1ccc(Cl)s1. The molecule has 1 heterocycles. The summed E-state index contributed by atoms with van der Waals surface area (Å²) in [5.74, 6) is 0.325. The predicted octanol–water partition coefficient (Wildman–Crippen LogP) is 3.93. The molecule has 0 aliphatic rings. The van der Waals surface area contributed by atoms with Crippen molar-refractivity contribution in [3.63, 3.8) is 0 Å². The van der Waals surface area contributed by atoms with E-state index in [1.165, 1.54) is 11.3 Å². The van der Waals surface area contributed by atoms with Gasteiger partial charge in [-0.05, 0) is 25.0 Å². The van der Waals surface area contributed by atoms with Crippen LogP contribution in [-0.4, -0.2) is 17.3 Å². The molecule has 1 N–H and O–H groups in total. The van der Waals surface area contributed by atoms with E-state index in [4.69, 9.17) is 23.2 Å². The summed E-state index contributed by atoms with van der Waals surface area (Å²) in [4.78, 5) is 12.6. The average Bonchev–Trinajstić information content (AvgIpc) is 2.73. The maximum absolute atomic E-state index is 11.9. The highest BCUT2D eigenvalue weighted by molar-refractivity contribution is 7.18. The van der Waals surface area contributed by atoms with Gasteiger partial charge >= 0.3 is 0 Å². The third-order valence-corrected chi connectivity index (χ3v) is 4.53. The van der Waals surface area contributed by atoms with Crippen LogP contribution in [0.1, 0.15) is 36.4 Å². The second-order valence-electron chi connectivity index (χ2n) is 3.68. The largest absolute Gasteiger partial charge is 0.345 e. The number of carbonyl (C=O) groups excluding carboxylic acids is 1. The molecule has 0 bridgehead atoms. The predicted molar refractivity (Wildman–Crippen MR) is 70.8 cm³/mol. The zero-order chi connectivity index (χ0) is 12.2. The van der Waals surface area contributed by atoms with Crippen LogP contribution in [0.25, 0.3) is 0 Å². The Labute approximate surface area is 110 Å². The van der Waals surface area contributed by atoms with Crippen LogP contribution in [0, 0.1) is 0 Å². The minimum absolute atomic E-state index is 0.0961. The molecule has 2 nitrogen and oxygen atoms in total. The molecule has 0 radical (unpaired) electrons. The fraction of sp³-hybridized carbons (Fsp3) is 0.545.